The number of para-hydroxylation sites is 1. The molecule has 1 aromatic heterocycles. The van der Waals surface area contributed by atoms with Gasteiger partial charge >= 0.3 is 0 Å². The molecule has 2 rings (SSSR count). The van der Waals surface area contributed by atoms with Crippen LogP contribution in [-0.4, -0.2) is 23.5 Å². The molecule has 0 N–H and O–H groups in total. The minimum Gasteiger partial charge on any atom is -0.301 e. The lowest BCUT2D eigenvalue weighted by Gasteiger charge is -2.15. The van der Waals surface area contributed by atoms with Crippen molar-refractivity contribution in [2.75, 3.05) is 13.6 Å². The van der Waals surface area contributed by atoms with Crippen LogP contribution in [-0.2, 0) is 6.54 Å². The Bertz CT molecular complexity index is 479. The van der Waals surface area contributed by atoms with E-state index in [1.807, 2.05) is 6.07 Å². The lowest BCUT2D eigenvalue weighted by atomic mass is 10.2. The van der Waals surface area contributed by atoms with E-state index in [-0.39, 0.29) is 0 Å². The highest BCUT2D eigenvalue weighted by Crippen LogP contribution is 2.12. The standard InChI is InChI=1S/C15H20N2/c1-3-4-11-17(2)12-14-10-9-13-7-5-6-8-15(13)16-14/h5-10H,3-4,11-12H2,1-2H3. The molecular formula is C15H20N2. The van der Waals surface area contributed by atoms with Gasteiger partial charge in [0.25, 0.3) is 0 Å². The molecule has 2 aromatic rings. The molecule has 0 amide bonds. The fourth-order valence-corrected chi connectivity index (χ4v) is 1.98. The smallest absolute Gasteiger partial charge is 0.0705 e. The molecule has 2 heteroatoms. The molecule has 0 aliphatic carbocycles. The Morgan fingerprint density at radius 3 is 2.76 bits per heavy atom. The van der Waals surface area contributed by atoms with E-state index in [1.54, 1.807) is 0 Å². The molecule has 1 aromatic carbocycles. The van der Waals surface area contributed by atoms with E-state index in [9.17, 15) is 0 Å². The summed E-state index contributed by atoms with van der Waals surface area (Å²) in [5, 5.41) is 1.22. The van der Waals surface area contributed by atoms with Crippen LogP contribution in [0.4, 0.5) is 0 Å². The second kappa shape index (κ2) is 5.78. The number of hydrogen-bond acceptors (Lipinski definition) is 2. The van der Waals surface area contributed by atoms with E-state index in [0.717, 1.165) is 24.3 Å². The van der Waals surface area contributed by atoms with E-state index in [4.69, 9.17) is 0 Å². The Morgan fingerprint density at radius 1 is 1.12 bits per heavy atom. The molecule has 0 radical (unpaired) electrons. The third-order valence-corrected chi connectivity index (χ3v) is 2.98. The van der Waals surface area contributed by atoms with Crippen LogP contribution in [0.1, 0.15) is 25.5 Å². The zero-order chi connectivity index (χ0) is 12.1. The molecule has 1 heterocycles. The number of nitrogens with zero attached hydrogens (tertiary/aromatic N) is 2. The summed E-state index contributed by atoms with van der Waals surface area (Å²) in [4.78, 5) is 7.02. The fraction of sp³-hybridized carbons (Fsp3) is 0.400. The van der Waals surface area contributed by atoms with Gasteiger partial charge in [0.05, 0.1) is 11.2 Å². The van der Waals surface area contributed by atoms with Crippen LogP contribution < -0.4 is 0 Å². The lowest BCUT2D eigenvalue weighted by Crippen LogP contribution is -2.19. The number of pyridine rings is 1. The monoisotopic (exact) mass is 228 g/mol. The topological polar surface area (TPSA) is 16.1 Å². The first-order chi connectivity index (χ1) is 8.29. The minimum absolute atomic E-state index is 0.935. The van der Waals surface area contributed by atoms with Crippen molar-refractivity contribution in [1.29, 1.82) is 0 Å². The SMILES string of the molecule is CCCCN(C)Cc1ccc2ccccc2n1. The Balaban J connectivity index is 2.08. The Kier molecular flexibility index (Phi) is 4.10. The third kappa shape index (κ3) is 3.27. The summed E-state index contributed by atoms with van der Waals surface area (Å²) >= 11 is 0. The highest BCUT2D eigenvalue weighted by Gasteiger charge is 2.02. The molecular weight excluding hydrogens is 208 g/mol. The molecule has 0 saturated heterocycles. The first-order valence-corrected chi connectivity index (χ1v) is 6.33. The van der Waals surface area contributed by atoms with Crippen molar-refractivity contribution in [3.8, 4) is 0 Å². The maximum Gasteiger partial charge on any atom is 0.0705 e. The Hall–Kier alpha value is -1.41. The summed E-state index contributed by atoms with van der Waals surface area (Å²) in [5.41, 5.74) is 2.25. The van der Waals surface area contributed by atoms with E-state index in [0.29, 0.717) is 0 Å². The number of rotatable bonds is 5. The van der Waals surface area contributed by atoms with Crippen molar-refractivity contribution >= 4 is 10.9 Å². The summed E-state index contributed by atoms with van der Waals surface area (Å²) in [6.45, 7) is 4.30. The average molecular weight is 228 g/mol. The minimum atomic E-state index is 0.935. The van der Waals surface area contributed by atoms with Crippen molar-refractivity contribution < 1.29 is 0 Å². The van der Waals surface area contributed by atoms with Gasteiger partial charge in [-0.1, -0.05) is 37.6 Å². The van der Waals surface area contributed by atoms with Crippen LogP contribution in [0.15, 0.2) is 36.4 Å². The van der Waals surface area contributed by atoms with Gasteiger partial charge in [0.2, 0.25) is 0 Å². The number of benzene rings is 1. The first-order valence-electron chi connectivity index (χ1n) is 6.33. The largest absolute Gasteiger partial charge is 0.301 e. The van der Waals surface area contributed by atoms with E-state index in [2.05, 4.69) is 54.2 Å². The van der Waals surface area contributed by atoms with Gasteiger partial charge in [-0.15, -0.1) is 0 Å². The van der Waals surface area contributed by atoms with Crippen LogP contribution in [0.25, 0.3) is 10.9 Å². The van der Waals surface area contributed by atoms with Gasteiger partial charge in [-0.25, -0.2) is 0 Å². The van der Waals surface area contributed by atoms with Crippen LogP contribution in [0.2, 0.25) is 0 Å². The maximum absolute atomic E-state index is 4.68. The fourth-order valence-electron chi connectivity index (χ4n) is 1.98. The van der Waals surface area contributed by atoms with Crippen molar-refractivity contribution in [2.45, 2.75) is 26.3 Å². The van der Waals surface area contributed by atoms with Crippen LogP contribution in [0.3, 0.4) is 0 Å². The highest BCUT2D eigenvalue weighted by atomic mass is 15.1. The van der Waals surface area contributed by atoms with Crippen molar-refractivity contribution in [3.63, 3.8) is 0 Å². The van der Waals surface area contributed by atoms with Crippen molar-refractivity contribution in [1.82, 2.24) is 9.88 Å². The molecule has 0 fully saturated rings. The van der Waals surface area contributed by atoms with Gasteiger partial charge in [-0.05, 0) is 32.1 Å². The summed E-state index contributed by atoms with van der Waals surface area (Å²) in [6, 6.07) is 12.6. The highest BCUT2D eigenvalue weighted by molar-refractivity contribution is 5.78. The van der Waals surface area contributed by atoms with E-state index >= 15 is 0 Å². The first kappa shape index (κ1) is 12.1. The zero-order valence-corrected chi connectivity index (χ0v) is 10.7. The Morgan fingerprint density at radius 2 is 1.94 bits per heavy atom. The van der Waals surface area contributed by atoms with Gasteiger partial charge in [-0.3, -0.25) is 4.98 Å². The molecule has 17 heavy (non-hydrogen) atoms. The summed E-state index contributed by atoms with van der Waals surface area (Å²) in [7, 11) is 2.16. The average Bonchev–Trinajstić information content (AvgIpc) is 2.36. The van der Waals surface area contributed by atoms with E-state index in [1.165, 1.54) is 18.2 Å². The Labute approximate surface area is 103 Å². The number of fused-ring (bicyclic) bond motifs is 1. The van der Waals surface area contributed by atoms with Crippen LogP contribution >= 0.6 is 0 Å². The molecule has 0 saturated carbocycles. The summed E-state index contributed by atoms with van der Waals surface area (Å²) < 4.78 is 0. The summed E-state index contributed by atoms with van der Waals surface area (Å²) in [5.74, 6) is 0. The zero-order valence-electron chi connectivity index (χ0n) is 10.7. The van der Waals surface area contributed by atoms with Crippen LogP contribution in [0, 0.1) is 0 Å². The van der Waals surface area contributed by atoms with Gasteiger partial charge in [0.15, 0.2) is 0 Å². The normalized spacial score (nSPS) is 11.2. The molecule has 90 valence electrons. The second-order valence-electron chi connectivity index (χ2n) is 4.59. The predicted molar refractivity (Wildman–Crippen MR) is 73.0 cm³/mol. The molecule has 0 aliphatic heterocycles. The van der Waals surface area contributed by atoms with Gasteiger partial charge < -0.3 is 4.90 Å². The molecule has 0 unspecified atom stereocenters. The van der Waals surface area contributed by atoms with E-state index < -0.39 is 0 Å². The van der Waals surface area contributed by atoms with Gasteiger partial charge in [-0.2, -0.15) is 0 Å². The molecule has 0 bridgehead atoms. The van der Waals surface area contributed by atoms with Crippen molar-refractivity contribution in [3.05, 3.63) is 42.1 Å². The molecule has 2 nitrogen and oxygen atoms in total. The van der Waals surface area contributed by atoms with Gasteiger partial charge in [0.1, 0.15) is 0 Å². The number of hydrogen-bond donors (Lipinski definition) is 0. The quantitative estimate of drug-likeness (QED) is 0.779. The molecule has 0 aliphatic rings. The number of unbranched alkanes of at least 4 members (excludes halogenated alkanes) is 1. The van der Waals surface area contributed by atoms with Gasteiger partial charge in [0, 0.05) is 11.9 Å². The van der Waals surface area contributed by atoms with Crippen molar-refractivity contribution in [2.24, 2.45) is 0 Å². The summed E-state index contributed by atoms with van der Waals surface area (Å²) in [6.07, 6.45) is 2.50. The molecule has 0 spiro atoms. The lowest BCUT2D eigenvalue weighted by molar-refractivity contribution is 0.317. The number of aromatic nitrogens is 1. The maximum atomic E-state index is 4.68. The molecule has 0 atom stereocenters. The third-order valence-electron chi connectivity index (χ3n) is 2.98. The predicted octanol–water partition coefficient (Wildman–Crippen LogP) is 3.47. The second-order valence-corrected chi connectivity index (χ2v) is 4.59. The van der Waals surface area contributed by atoms with Crippen LogP contribution in [0.5, 0.6) is 0 Å².